The first-order chi connectivity index (χ1) is 11.5. The van der Waals surface area contributed by atoms with Gasteiger partial charge in [-0.3, -0.25) is 4.79 Å². The van der Waals surface area contributed by atoms with E-state index in [0.29, 0.717) is 16.9 Å². The maximum absolute atomic E-state index is 12.5. The summed E-state index contributed by atoms with van der Waals surface area (Å²) in [5.41, 5.74) is 5.06. The van der Waals surface area contributed by atoms with Crippen LogP contribution in [0.25, 0.3) is 10.2 Å². The highest BCUT2D eigenvalue weighted by Gasteiger charge is 2.10. The summed E-state index contributed by atoms with van der Waals surface area (Å²) < 4.78 is 3.02. The summed E-state index contributed by atoms with van der Waals surface area (Å²) in [6.45, 7) is 6.50. The van der Waals surface area contributed by atoms with Crippen LogP contribution in [0.15, 0.2) is 41.4 Å². The van der Waals surface area contributed by atoms with E-state index in [0.717, 1.165) is 15.8 Å². The van der Waals surface area contributed by atoms with Crippen molar-refractivity contribution in [1.82, 2.24) is 4.57 Å². The minimum atomic E-state index is -0.246. The minimum Gasteiger partial charge on any atom is -0.305 e. The highest BCUT2D eigenvalue weighted by molar-refractivity contribution is 7.16. The van der Waals surface area contributed by atoms with E-state index < -0.39 is 0 Å². The third-order valence-corrected chi connectivity index (χ3v) is 5.05. The average Bonchev–Trinajstić information content (AvgIpc) is 2.85. The highest BCUT2D eigenvalue weighted by atomic mass is 32.1. The molecule has 0 aliphatic carbocycles. The van der Waals surface area contributed by atoms with E-state index in [1.807, 2.05) is 29.7 Å². The van der Waals surface area contributed by atoms with Gasteiger partial charge in [-0.05, 0) is 56.2 Å². The van der Waals surface area contributed by atoms with Gasteiger partial charge in [-0.25, -0.2) is 0 Å². The monoisotopic (exact) mass is 334 g/mol. The van der Waals surface area contributed by atoms with Gasteiger partial charge in [0.1, 0.15) is 0 Å². The lowest BCUT2D eigenvalue weighted by molar-refractivity contribution is 0.0998. The number of rotatable bonds is 2. The zero-order valence-corrected chi connectivity index (χ0v) is 14.8. The second-order valence-electron chi connectivity index (χ2n) is 5.87. The molecule has 0 unspecified atom stereocenters. The average molecular weight is 334 g/mol. The molecule has 3 rings (SSSR count). The molecule has 4 heteroatoms. The number of hydrogen-bond donors (Lipinski definition) is 0. The summed E-state index contributed by atoms with van der Waals surface area (Å²) >= 11 is 1.49. The number of carbonyl (C=O) groups excluding carboxylic acids is 1. The van der Waals surface area contributed by atoms with Crippen molar-refractivity contribution in [2.75, 3.05) is 0 Å². The molecule has 0 spiro atoms. The van der Waals surface area contributed by atoms with E-state index in [9.17, 15) is 4.79 Å². The van der Waals surface area contributed by atoms with Crippen LogP contribution < -0.4 is 4.80 Å². The maximum Gasteiger partial charge on any atom is 0.279 e. The first-order valence-electron chi connectivity index (χ1n) is 7.69. The lowest BCUT2D eigenvalue weighted by Crippen LogP contribution is -2.16. The first kappa shape index (κ1) is 16.2. The molecule has 0 atom stereocenters. The molecule has 0 radical (unpaired) electrons. The zero-order valence-electron chi connectivity index (χ0n) is 14.0. The predicted octanol–water partition coefficient (Wildman–Crippen LogP) is 4.00. The number of hydrogen-bond acceptors (Lipinski definition) is 2. The van der Waals surface area contributed by atoms with Gasteiger partial charge in [0.05, 0.1) is 16.8 Å². The topological polar surface area (TPSA) is 34.4 Å². The summed E-state index contributed by atoms with van der Waals surface area (Å²) in [6.07, 6.45) is 5.52. The van der Waals surface area contributed by atoms with Crippen molar-refractivity contribution < 1.29 is 4.79 Å². The molecule has 0 aliphatic heterocycles. The summed E-state index contributed by atoms with van der Waals surface area (Å²) in [6, 6.07) is 11.7. The Labute approximate surface area is 145 Å². The fraction of sp³-hybridized carbons (Fsp3) is 0.200. The second-order valence-corrected chi connectivity index (χ2v) is 6.87. The third-order valence-electron chi connectivity index (χ3n) is 4.01. The van der Waals surface area contributed by atoms with Crippen LogP contribution in [-0.4, -0.2) is 10.5 Å². The molecule has 0 fully saturated rings. The zero-order chi connectivity index (χ0) is 17.3. The number of aryl methyl sites for hydroxylation is 3. The largest absolute Gasteiger partial charge is 0.305 e. The second kappa shape index (κ2) is 6.46. The molecule has 3 aromatic rings. The van der Waals surface area contributed by atoms with E-state index in [2.05, 4.69) is 36.9 Å². The molecule has 1 heterocycles. The molecule has 0 N–H and O–H groups in total. The van der Waals surface area contributed by atoms with Gasteiger partial charge in [-0.1, -0.05) is 35.0 Å². The van der Waals surface area contributed by atoms with Crippen molar-refractivity contribution in [3.63, 3.8) is 0 Å². The fourth-order valence-corrected chi connectivity index (χ4v) is 3.69. The molecule has 1 amide bonds. The number of benzene rings is 2. The Morgan fingerprint density at radius 3 is 2.67 bits per heavy atom. The van der Waals surface area contributed by atoms with Crippen LogP contribution in [0.5, 0.6) is 0 Å². The van der Waals surface area contributed by atoms with Gasteiger partial charge in [0.2, 0.25) is 0 Å². The molecule has 120 valence electrons. The van der Waals surface area contributed by atoms with Crippen LogP contribution in [-0.2, 0) is 6.54 Å². The van der Waals surface area contributed by atoms with Crippen molar-refractivity contribution in [3.8, 4) is 12.3 Å². The minimum absolute atomic E-state index is 0.246. The van der Waals surface area contributed by atoms with Crippen LogP contribution in [0.2, 0.25) is 0 Å². The van der Waals surface area contributed by atoms with Crippen LogP contribution in [0, 0.1) is 33.1 Å². The number of nitrogens with zero attached hydrogens (tertiary/aromatic N) is 2. The van der Waals surface area contributed by atoms with Gasteiger partial charge in [0.15, 0.2) is 4.80 Å². The normalized spacial score (nSPS) is 11.7. The Morgan fingerprint density at radius 2 is 1.96 bits per heavy atom. The Balaban J connectivity index is 2.19. The van der Waals surface area contributed by atoms with Crippen LogP contribution >= 0.6 is 11.3 Å². The van der Waals surface area contributed by atoms with Crippen LogP contribution in [0.1, 0.15) is 27.0 Å². The number of aromatic nitrogens is 1. The Bertz CT molecular complexity index is 1050. The quantitative estimate of drug-likeness (QED) is 0.652. The molecular formula is C20H18N2OS. The Hall–Kier alpha value is -2.64. The molecule has 24 heavy (non-hydrogen) atoms. The van der Waals surface area contributed by atoms with Gasteiger partial charge in [0.25, 0.3) is 5.91 Å². The molecule has 3 nitrogen and oxygen atoms in total. The van der Waals surface area contributed by atoms with Crippen LogP contribution in [0.3, 0.4) is 0 Å². The molecule has 0 aliphatic rings. The van der Waals surface area contributed by atoms with E-state index in [4.69, 9.17) is 6.42 Å². The Kier molecular flexibility index (Phi) is 4.37. The summed E-state index contributed by atoms with van der Waals surface area (Å²) in [7, 11) is 0. The van der Waals surface area contributed by atoms with Crippen molar-refractivity contribution in [2.45, 2.75) is 27.3 Å². The third kappa shape index (κ3) is 3.04. The standard InChI is InChI=1S/C20H18N2OS/c1-5-9-22-17-11-14(3)15(4)12-18(17)24-20(22)21-19(23)16-8-6-7-13(2)10-16/h1,6-8,10-12H,9H2,2-4H3. The maximum atomic E-state index is 12.5. The van der Waals surface area contributed by atoms with Gasteiger partial charge in [-0.15, -0.1) is 6.42 Å². The highest BCUT2D eigenvalue weighted by Crippen LogP contribution is 2.22. The lowest BCUT2D eigenvalue weighted by atomic mass is 10.1. The van der Waals surface area contributed by atoms with Crippen molar-refractivity contribution in [2.24, 2.45) is 4.99 Å². The summed E-state index contributed by atoms with van der Waals surface area (Å²) in [5.74, 6) is 2.41. The molecule has 2 aromatic carbocycles. The summed E-state index contributed by atoms with van der Waals surface area (Å²) in [5, 5.41) is 0. The van der Waals surface area contributed by atoms with E-state index in [1.54, 1.807) is 6.07 Å². The SMILES string of the molecule is C#CCn1c(=NC(=O)c2cccc(C)c2)sc2cc(C)c(C)cc21. The summed E-state index contributed by atoms with van der Waals surface area (Å²) in [4.78, 5) is 17.5. The number of thiazole rings is 1. The number of fused-ring (bicyclic) bond motifs is 1. The number of amides is 1. The number of carbonyl (C=O) groups is 1. The molecule has 0 bridgehead atoms. The van der Waals surface area contributed by atoms with E-state index >= 15 is 0 Å². The lowest BCUT2D eigenvalue weighted by Gasteiger charge is -2.03. The smallest absolute Gasteiger partial charge is 0.279 e. The first-order valence-corrected chi connectivity index (χ1v) is 8.51. The van der Waals surface area contributed by atoms with E-state index in [1.165, 1.54) is 22.5 Å². The van der Waals surface area contributed by atoms with Crippen molar-refractivity contribution >= 4 is 27.5 Å². The Morgan fingerprint density at radius 1 is 1.21 bits per heavy atom. The van der Waals surface area contributed by atoms with Crippen LogP contribution in [0.4, 0.5) is 0 Å². The molecular weight excluding hydrogens is 316 g/mol. The van der Waals surface area contributed by atoms with Gasteiger partial charge in [-0.2, -0.15) is 4.99 Å². The van der Waals surface area contributed by atoms with Gasteiger partial charge < -0.3 is 4.57 Å². The van der Waals surface area contributed by atoms with Crippen molar-refractivity contribution in [1.29, 1.82) is 0 Å². The predicted molar refractivity (Wildman–Crippen MR) is 99.2 cm³/mol. The molecule has 0 saturated heterocycles. The van der Waals surface area contributed by atoms with Gasteiger partial charge in [0, 0.05) is 5.56 Å². The fourth-order valence-electron chi connectivity index (χ4n) is 2.58. The molecule has 1 aromatic heterocycles. The number of terminal acetylenes is 1. The van der Waals surface area contributed by atoms with E-state index in [-0.39, 0.29) is 5.91 Å². The van der Waals surface area contributed by atoms with Crippen molar-refractivity contribution in [3.05, 3.63) is 63.5 Å². The molecule has 0 saturated carbocycles. The van der Waals surface area contributed by atoms with Gasteiger partial charge >= 0.3 is 0 Å².